The summed E-state index contributed by atoms with van der Waals surface area (Å²) < 4.78 is 0.899. The smallest absolute Gasteiger partial charge is 0.238 e. The number of nitrogens with one attached hydrogen (secondary N) is 2. The lowest BCUT2D eigenvalue weighted by atomic mass is 10.3. The standard InChI is InChI=1S/C12H17BrN2OS/c1-17-8-4-7-14-9-12(16)15-11-6-3-2-5-10(11)13/h2-3,5-6,14H,4,7-9H2,1H3,(H,15,16). The van der Waals surface area contributed by atoms with E-state index < -0.39 is 0 Å². The maximum absolute atomic E-state index is 11.6. The molecule has 1 aromatic carbocycles. The van der Waals surface area contributed by atoms with Crippen molar-refractivity contribution < 1.29 is 4.79 Å². The molecule has 0 aromatic heterocycles. The highest BCUT2D eigenvalue weighted by Gasteiger charge is 2.03. The molecule has 0 aliphatic heterocycles. The Bertz CT molecular complexity index is 360. The third kappa shape index (κ3) is 6.10. The van der Waals surface area contributed by atoms with Crippen molar-refractivity contribution in [3.63, 3.8) is 0 Å². The van der Waals surface area contributed by atoms with Crippen molar-refractivity contribution in [2.24, 2.45) is 0 Å². The molecule has 0 aliphatic rings. The minimum atomic E-state index is -0.0129. The molecule has 0 unspecified atom stereocenters. The van der Waals surface area contributed by atoms with E-state index in [1.54, 1.807) is 0 Å². The first kappa shape index (κ1) is 14.5. The van der Waals surface area contributed by atoms with Crippen LogP contribution in [-0.4, -0.2) is 31.0 Å². The highest BCUT2D eigenvalue weighted by molar-refractivity contribution is 9.10. The topological polar surface area (TPSA) is 41.1 Å². The summed E-state index contributed by atoms with van der Waals surface area (Å²) in [5, 5.41) is 5.97. The van der Waals surface area contributed by atoms with Crippen LogP contribution >= 0.6 is 27.7 Å². The van der Waals surface area contributed by atoms with Crippen LogP contribution in [0.25, 0.3) is 0 Å². The number of anilines is 1. The van der Waals surface area contributed by atoms with Crippen LogP contribution in [0.5, 0.6) is 0 Å². The van der Waals surface area contributed by atoms with Crippen LogP contribution in [0.4, 0.5) is 5.69 Å². The number of amides is 1. The van der Waals surface area contributed by atoms with Gasteiger partial charge in [0.25, 0.3) is 0 Å². The van der Waals surface area contributed by atoms with Gasteiger partial charge in [-0.1, -0.05) is 12.1 Å². The molecular weight excluding hydrogens is 300 g/mol. The first-order valence-corrected chi connectivity index (χ1v) is 7.66. The summed E-state index contributed by atoms with van der Waals surface area (Å²) in [7, 11) is 0. The Morgan fingerprint density at radius 1 is 1.41 bits per heavy atom. The van der Waals surface area contributed by atoms with Gasteiger partial charge in [0.05, 0.1) is 12.2 Å². The summed E-state index contributed by atoms with van der Waals surface area (Å²) in [4.78, 5) is 11.6. The van der Waals surface area contributed by atoms with Crippen LogP contribution in [0.1, 0.15) is 6.42 Å². The highest BCUT2D eigenvalue weighted by atomic mass is 79.9. The van der Waals surface area contributed by atoms with Crippen LogP contribution in [0, 0.1) is 0 Å². The molecule has 0 saturated heterocycles. The third-order valence-corrected chi connectivity index (χ3v) is 3.52. The fourth-order valence-corrected chi connectivity index (χ4v) is 2.12. The summed E-state index contributed by atoms with van der Waals surface area (Å²) in [5.74, 6) is 1.11. The first-order valence-electron chi connectivity index (χ1n) is 5.48. The average Bonchev–Trinajstić information content (AvgIpc) is 2.32. The van der Waals surface area contributed by atoms with Gasteiger partial charge < -0.3 is 10.6 Å². The lowest BCUT2D eigenvalue weighted by Crippen LogP contribution is -2.29. The fraction of sp³-hybridized carbons (Fsp3) is 0.417. The molecule has 0 saturated carbocycles. The minimum Gasteiger partial charge on any atom is -0.324 e. The second-order valence-electron chi connectivity index (χ2n) is 3.55. The first-order chi connectivity index (χ1) is 8.24. The van der Waals surface area contributed by atoms with Gasteiger partial charge >= 0.3 is 0 Å². The molecular formula is C12H17BrN2OS. The van der Waals surface area contributed by atoms with Crippen molar-refractivity contribution in [3.8, 4) is 0 Å². The number of rotatable bonds is 7. The third-order valence-electron chi connectivity index (χ3n) is 2.14. The molecule has 94 valence electrons. The van der Waals surface area contributed by atoms with Crippen molar-refractivity contribution in [1.82, 2.24) is 5.32 Å². The minimum absolute atomic E-state index is 0.0129. The van der Waals surface area contributed by atoms with E-state index in [1.807, 2.05) is 36.0 Å². The predicted molar refractivity (Wildman–Crippen MR) is 78.6 cm³/mol. The zero-order chi connectivity index (χ0) is 12.5. The van der Waals surface area contributed by atoms with Crippen molar-refractivity contribution in [3.05, 3.63) is 28.7 Å². The van der Waals surface area contributed by atoms with E-state index in [1.165, 1.54) is 0 Å². The van der Waals surface area contributed by atoms with Crippen molar-refractivity contribution in [1.29, 1.82) is 0 Å². The maximum atomic E-state index is 11.6. The molecule has 5 heteroatoms. The van der Waals surface area contributed by atoms with E-state index in [2.05, 4.69) is 32.8 Å². The van der Waals surface area contributed by atoms with Gasteiger partial charge in [-0.2, -0.15) is 11.8 Å². The zero-order valence-electron chi connectivity index (χ0n) is 9.83. The van der Waals surface area contributed by atoms with E-state index in [0.29, 0.717) is 6.54 Å². The van der Waals surface area contributed by atoms with E-state index in [-0.39, 0.29) is 5.91 Å². The maximum Gasteiger partial charge on any atom is 0.238 e. The second kappa shape index (κ2) is 8.55. The molecule has 3 nitrogen and oxygen atoms in total. The normalized spacial score (nSPS) is 10.2. The second-order valence-corrected chi connectivity index (χ2v) is 5.39. The Hall–Kier alpha value is -0.520. The van der Waals surface area contributed by atoms with Gasteiger partial charge in [0.2, 0.25) is 5.91 Å². The molecule has 0 fully saturated rings. The van der Waals surface area contributed by atoms with Crippen LogP contribution in [0.15, 0.2) is 28.7 Å². The van der Waals surface area contributed by atoms with Gasteiger partial charge in [0, 0.05) is 4.47 Å². The molecule has 1 aromatic rings. The van der Waals surface area contributed by atoms with Crippen molar-refractivity contribution in [2.75, 3.05) is 30.4 Å². The molecule has 2 N–H and O–H groups in total. The number of carbonyl (C=O) groups is 1. The van der Waals surface area contributed by atoms with Crippen LogP contribution in [-0.2, 0) is 4.79 Å². The number of para-hydroxylation sites is 1. The average molecular weight is 317 g/mol. The summed E-state index contributed by atoms with van der Waals surface area (Å²) >= 11 is 5.21. The summed E-state index contributed by atoms with van der Waals surface area (Å²) in [5.41, 5.74) is 0.809. The van der Waals surface area contributed by atoms with Gasteiger partial charge in [0.1, 0.15) is 0 Å². The Kier molecular flexibility index (Phi) is 7.32. The molecule has 0 spiro atoms. The summed E-state index contributed by atoms with van der Waals surface area (Å²) in [6, 6.07) is 7.59. The van der Waals surface area contributed by atoms with Gasteiger partial charge in [-0.25, -0.2) is 0 Å². The number of halogens is 1. The quantitative estimate of drug-likeness (QED) is 0.760. The number of hydrogen-bond donors (Lipinski definition) is 2. The number of benzene rings is 1. The number of thioether (sulfide) groups is 1. The van der Waals surface area contributed by atoms with E-state index in [9.17, 15) is 4.79 Å². The number of carbonyl (C=O) groups excluding carboxylic acids is 1. The van der Waals surface area contributed by atoms with Gasteiger partial charge in [0.15, 0.2) is 0 Å². The Labute approximate surface area is 115 Å². The predicted octanol–water partition coefficient (Wildman–Crippen LogP) is 2.73. The van der Waals surface area contributed by atoms with Crippen LogP contribution in [0.3, 0.4) is 0 Å². The van der Waals surface area contributed by atoms with Gasteiger partial charge in [-0.15, -0.1) is 0 Å². The number of hydrogen-bond acceptors (Lipinski definition) is 3. The van der Waals surface area contributed by atoms with E-state index in [4.69, 9.17) is 0 Å². The van der Waals surface area contributed by atoms with Crippen molar-refractivity contribution >= 4 is 39.3 Å². The Morgan fingerprint density at radius 3 is 2.88 bits per heavy atom. The molecule has 0 atom stereocenters. The highest BCUT2D eigenvalue weighted by Crippen LogP contribution is 2.20. The molecule has 1 rings (SSSR count). The monoisotopic (exact) mass is 316 g/mol. The fourth-order valence-electron chi connectivity index (χ4n) is 1.30. The van der Waals surface area contributed by atoms with Crippen LogP contribution in [0.2, 0.25) is 0 Å². The Morgan fingerprint density at radius 2 is 2.18 bits per heavy atom. The van der Waals surface area contributed by atoms with E-state index in [0.717, 1.165) is 28.9 Å². The molecule has 0 radical (unpaired) electrons. The molecule has 1 amide bonds. The molecule has 0 bridgehead atoms. The summed E-state index contributed by atoms with van der Waals surface area (Å²) in [6.07, 6.45) is 3.17. The van der Waals surface area contributed by atoms with Gasteiger partial charge in [-0.3, -0.25) is 4.79 Å². The SMILES string of the molecule is CSCCCNCC(=O)Nc1ccccc1Br. The lowest BCUT2D eigenvalue weighted by Gasteiger charge is -2.07. The zero-order valence-corrected chi connectivity index (χ0v) is 12.2. The largest absolute Gasteiger partial charge is 0.324 e. The molecule has 0 aliphatic carbocycles. The molecule has 17 heavy (non-hydrogen) atoms. The van der Waals surface area contributed by atoms with E-state index >= 15 is 0 Å². The Balaban J connectivity index is 2.23. The molecule has 0 heterocycles. The van der Waals surface area contributed by atoms with Gasteiger partial charge in [-0.05, 0) is 53.0 Å². The van der Waals surface area contributed by atoms with Crippen LogP contribution < -0.4 is 10.6 Å². The summed E-state index contributed by atoms with van der Waals surface area (Å²) in [6.45, 7) is 1.24. The lowest BCUT2D eigenvalue weighted by molar-refractivity contribution is -0.115. The van der Waals surface area contributed by atoms with Crippen molar-refractivity contribution in [2.45, 2.75) is 6.42 Å².